The number of hydrogen-bond acceptors (Lipinski definition) is 4. The number of carbonyl (C=O) groups excluding carboxylic acids is 1. The van der Waals surface area contributed by atoms with Gasteiger partial charge in [0, 0.05) is 22.8 Å². The first-order valence-corrected chi connectivity index (χ1v) is 8.81. The fourth-order valence-corrected chi connectivity index (χ4v) is 2.76. The quantitative estimate of drug-likeness (QED) is 0.525. The molecule has 0 aliphatic carbocycles. The molecule has 136 valence electrons. The molecule has 0 atom stereocenters. The van der Waals surface area contributed by atoms with Gasteiger partial charge in [-0.2, -0.15) is 5.10 Å². The minimum Gasteiger partial charge on any atom is -0.490 e. The van der Waals surface area contributed by atoms with Crippen molar-refractivity contribution < 1.29 is 14.3 Å². The average Bonchev–Trinajstić information content (AvgIpc) is 2.78. The number of halogens is 1. The zero-order valence-electron chi connectivity index (χ0n) is 15.2. The monoisotopic (exact) mass is 364 g/mol. The van der Waals surface area contributed by atoms with E-state index in [1.165, 1.54) is 0 Å². The molecule has 0 fully saturated rings. The van der Waals surface area contributed by atoms with E-state index in [9.17, 15) is 4.79 Å². The van der Waals surface area contributed by atoms with Gasteiger partial charge in [0.1, 0.15) is 19.0 Å². The Balaban J connectivity index is 1.81. The molecule has 1 aromatic carbocycles. The summed E-state index contributed by atoms with van der Waals surface area (Å²) in [6.45, 7) is 9.53. The van der Waals surface area contributed by atoms with Crippen LogP contribution in [0.5, 0.6) is 5.75 Å². The Morgan fingerprint density at radius 2 is 2.04 bits per heavy atom. The van der Waals surface area contributed by atoms with Gasteiger partial charge in [-0.25, -0.2) is 0 Å². The van der Waals surface area contributed by atoms with Crippen LogP contribution in [0.2, 0.25) is 5.02 Å². The van der Waals surface area contributed by atoms with Crippen LogP contribution in [0.15, 0.2) is 24.3 Å². The largest absolute Gasteiger partial charge is 0.490 e. The third-order valence-corrected chi connectivity index (χ3v) is 4.04. The van der Waals surface area contributed by atoms with E-state index in [4.69, 9.17) is 21.1 Å². The SMILES string of the molecule is Cc1nn(CC(C)C)c(C)c1CC(=O)OCCOc1cccc(Cl)c1. The lowest BCUT2D eigenvalue weighted by Gasteiger charge is -2.09. The molecule has 2 aromatic rings. The Bertz CT molecular complexity index is 725. The molecule has 0 unspecified atom stereocenters. The van der Waals surface area contributed by atoms with Crippen molar-refractivity contribution in [3.8, 4) is 5.75 Å². The van der Waals surface area contributed by atoms with Crippen LogP contribution in [-0.4, -0.2) is 29.0 Å². The van der Waals surface area contributed by atoms with Gasteiger partial charge in [-0.3, -0.25) is 9.48 Å². The van der Waals surface area contributed by atoms with Crippen LogP contribution in [0.3, 0.4) is 0 Å². The minimum atomic E-state index is -0.273. The van der Waals surface area contributed by atoms with E-state index in [0.717, 1.165) is 23.5 Å². The normalized spacial score (nSPS) is 11.0. The number of ether oxygens (including phenoxy) is 2. The molecule has 0 bridgehead atoms. The van der Waals surface area contributed by atoms with E-state index in [1.807, 2.05) is 30.7 Å². The van der Waals surface area contributed by atoms with Gasteiger partial charge < -0.3 is 9.47 Å². The summed E-state index contributed by atoms with van der Waals surface area (Å²) < 4.78 is 12.7. The fraction of sp³-hybridized carbons (Fsp3) is 0.474. The minimum absolute atomic E-state index is 0.198. The molecule has 0 aliphatic rings. The van der Waals surface area contributed by atoms with Gasteiger partial charge in [0.05, 0.1) is 12.1 Å². The summed E-state index contributed by atoms with van der Waals surface area (Å²) in [5.41, 5.74) is 2.85. The fourth-order valence-electron chi connectivity index (χ4n) is 2.58. The highest BCUT2D eigenvalue weighted by molar-refractivity contribution is 6.30. The van der Waals surface area contributed by atoms with Crippen molar-refractivity contribution >= 4 is 17.6 Å². The molecule has 2 rings (SSSR count). The number of rotatable bonds is 8. The van der Waals surface area contributed by atoms with Gasteiger partial charge in [0.25, 0.3) is 0 Å². The molecule has 0 saturated heterocycles. The molecular weight excluding hydrogens is 340 g/mol. The van der Waals surface area contributed by atoms with Crippen LogP contribution in [0.4, 0.5) is 0 Å². The number of carbonyl (C=O) groups is 1. The Morgan fingerprint density at radius 1 is 1.28 bits per heavy atom. The maximum Gasteiger partial charge on any atom is 0.310 e. The predicted molar refractivity (Wildman–Crippen MR) is 98.1 cm³/mol. The van der Waals surface area contributed by atoms with Gasteiger partial charge in [-0.1, -0.05) is 31.5 Å². The molecule has 5 nitrogen and oxygen atoms in total. The molecule has 1 aromatic heterocycles. The lowest BCUT2D eigenvalue weighted by molar-refractivity contribution is -0.143. The summed E-state index contributed by atoms with van der Waals surface area (Å²) in [6.07, 6.45) is 0.229. The van der Waals surface area contributed by atoms with Crippen molar-refractivity contribution in [1.29, 1.82) is 0 Å². The maximum absolute atomic E-state index is 12.1. The summed E-state index contributed by atoms with van der Waals surface area (Å²) in [6, 6.07) is 7.12. The first kappa shape index (κ1) is 19.3. The zero-order valence-corrected chi connectivity index (χ0v) is 16.0. The summed E-state index contributed by atoms with van der Waals surface area (Å²) in [5.74, 6) is 0.886. The number of nitrogens with zero attached hydrogens (tertiary/aromatic N) is 2. The topological polar surface area (TPSA) is 53.4 Å². The van der Waals surface area contributed by atoms with Crippen molar-refractivity contribution in [1.82, 2.24) is 9.78 Å². The molecule has 6 heteroatoms. The van der Waals surface area contributed by atoms with Crippen molar-refractivity contribution in [2.45, 2.75) is 40.7 Å². The van der Waals surface area contributed by atoms with Crippen LogP contribution in [0, 0.1) is 19.8 Å². The van der Waals surface area contributed by atoms with Crippen LogP contribution in [0.1, 0.15) is 30.8 Å². The molecule has 0 radical (unpaired) electrons. The van der Waals surface area contributed by atoms with E-state index in [2.05, 4.69) is 18.9 Å². The van der Waals surface area contributed by atoms with E-state index in [0.29, 0.717) is 16.7 Å². The Kier molecular flexibility index (Phi) is 6.88. The highest BCUT2D eigenvalue weighted by atomic mass is 35.5. The van der Waals surface area contributed by atoms with Crippen LogP contribution < -0.4 is 4.74 Å². The second-order valence-electron chi connectivity index (χ2n) is 6.43. The summed E-state index contributed by atoms with van der Waals surface area (Å²) in [4.78, 5) is 12.1. The molecule has 0 saturated carbocycles. The Hall–Kier alpha value is -2.01. The predicted octanol–water partition coefficient (Wildman–Crippen LogP) is 3.97. The van der Waals surface area contributed by atoms with E-state index in [1.54, 1.807) is 12.1 Å². The van der Waals surface area contributed by atoms with E-state index < -0.39 is 0 Å². The molecule has 1 heterocycles. The maximum atomic E-state index is 12.1. The molecule has 25 heavy (non-hydrogen) atoms. The number of aryl methyl sites for hydroxylation is 1. The first-order chi connectivity index (χ1) is 11.9. The second-order valence-corrected chi connectivity index (χ2v) is 6.86. The molecule has 0 spiro atoms. The van der Waals surface area contributed by atoms with Crippen LogP contribution in [0.25, 0.3) is 0 Å². The highest BCUT2D eigenvalue weighted by Crippen LogP contribution is 2.17. The van der Waals surface area contributed by atoms with Gasteiger partial charge in [-0.15, -0.1) is 0 Å². The second kappa shape index (κ2) is 8.90. The van der Waals surface area contributed by atoms with Crippen molar-refractivity contribution in [2.75, 3.05) is 13.2 Å². The van der Waals surface area contributed by atoms with Gasteiger partial charge in [0.15, 0.2) is 0 Å². The van der Waals surface area contributed by atoms with Gasteiger partial charge >= 0.3 is 5.97 Å². The third kappa shape index (κ3) is 5.78. The smallest absolute Gasteiger partial charge is 0.310 e. The lowest BCUT2D eigenvalue weighted by atomic mass is 10.1. The highest BCUT2D eigenvalue weighted by Gasteiger charge is 2.16. The van der Waals surface area contributed by atoms with Crippen molar-refractivity contribution in [2.24, 2.45) is 5.92 Å². The molecular formula is C19H25ClN2O3. The van der Waals surface area contributed by atoms with Crippen LogP contribution in [-0.2, 0) is 22.5 Å². The standard InChI is InChI=1S/C19H25ClN2O3/c1-13(2)12-22-15(4)18(14(3)21-22)11-19(23)25-9-8-24-17-7-5-6-16(20)10-17/h5-7,10,13H,8-9,11-12H2,1-4H3. The van der Waals surface area contributed by atoms with Crippen molar-refractivity contribution in [3.63, 3.8) is 0 Å². The average molecular weight is 365 g/mol. The van der Waals surface area contributed by atoms with Gasteiger partial charge in [-0.05, 0) is 38.0 Å². The van der Waals surface area contributed by atoms with Gasteiger partial charge in [0.2, 0.25) is 0 Å². The number of esters is 1. The molecule has 0 N–H and O–H groups in total. The summed E-state index contributed by atoms with van der Waals surface area (Å²) in [7, 11) is 0. The number of aromatic nitrogens is 2. The molecule has 0 amide bonds. The first-order valence-electron chi connectivity index (χ1n) is 8.43. The van der Waals surface area contributed by atoms with Crippen molar-refractivity contribution in [3.05, 3.63) is 46.2 Å². The Labute approximate surface area is 153 Å². The number of hydrogen-bond donors (Lipinski definition) is 0. The summed E-state index contributed by atoms with van der Waals surface area (Å²) >= 11 is 5.89. The summed E-state index contributed by atoms with van der Waals surface area (Å²) in [5, 5.41) is 5.13. The third-order valence-electron chi connectivity index (χ3n) is 3.80. The lowest BCUT2D eigenvalue weighted by Crippen LogP contribution is -2.15. The van der Waals surface area contributed by atoms with E-state index >= 15 is 0 Å². The Morgan fingerprint density at radius 3 is 2.72 bits per heavy atom. The zero-order chi connectivity index (χ0) is 18.4. The number of benzene rings is 1. The van der Waals surface area contributed by atoms with Crippen LogP contribution >= 0.6 is 11.6 Å². The molecule has 0 aliphatic heterocycles. The van der Waals surface area contributed by atoms with E-state index in [-0.39, 0.29) is 25.6 Å².